The molecule has 2 nitrogen and oxygen atoms in total. The quantitative estimate of drug-likeness (QED) is 0.655. The minimum atomic E-state index is 0.535. The van der Waals surface area contributed by atoms with Crippen molar-refractivity contribution in [1.29, 1.82) is 0 Å². The minimum Gasteiger partial charge on any atom is -0.356 e. The Morgan fingerprint density at radius 2 is 1.76 bits per heavy atom. The van der Waals surface area contributed by atoms with Crippen molar-refractivity contribution in [3.05, 3.63) is 54.9 Å². The van der Waals surface area contributed by atoms with Gasteiger partial charge in [0.05, 0.1) is 17.1 Å². The van der Waals surface area contributed by atoms with Gasteiger partial charge in [-0.05, 0) is 26.0 Å². The third kappa shape index (κ3) is 2.00. The fourth-order valence-electron chi connectivity index (χ4n) is 2.89. The summed E-state index contributed by atoms with van der Waals surface area (Å²) in [6.45, 7) is 5.40. The Labute approximate surface area is 128 Å². The predicted molar refractivity (Wildman–Crippen MR) is 92.8 cm³/mol. The largest absolute Gasteiger partial charge is 0.356 e. The lowest BCUT2D eigenvalue weighted by molar-refractivity contribution is 0.336. The van der Waals surface area contributed by atoms with Crippen molar-refractivity contribution < 1.29 is 0 Å². The number of hydrogen-bond acceptors (Lipinski definition) is 3. The maximum atomic E-state index is 2.35. The molecule has 0 radical (unpaired) electrons. The number of thiophene rings is 1. The van der Waals surface area contributed by atoms with E-state index in [1.54, 1.807) is 0 Å². The molecule has 0 atom stereocenters. The SMILES string of the molecule is CC(C)N1C=CN(c2cccc3c2sc2ccccc23)C1. The summed E-state index contributed by atoms with van der Waals surface area (Å²) in [5.74, 6) is 0. The molecular weight excluding hydrogens is 276 g/mol. The molecule has 0 fully saturated rings. The Kier molecular flexibility index (Phi) is 2.89. The number of anilines is 1. The van der Waals surface area contributed by atoms with Crippen LogP contribution in [0.25, 0.3) is 20.2 Å². The van der Waals surface area contributed by atoms with Gasteiger partial charge in [0, 0.05) is 33.9 Å². The molecule has 0 unspecified atom stereocenters. The molecule has 2 heterocycles. The highest BCUT2D eigenvalue weighted by Crippen LogP contribution is 2.40. The standard InChI is InChI=1S/C18H18N2S/c1-13(2)19-10-11-20(12-19)16-8-5-7-15-14-6-3-4-9-17(14)21-18(15)16/h3-11,13H,12H2,1-2H3. The Balaban J connectivity index is 1.85. The molecule has 3 heteroatoms. The van der Waals surface area contributed by atoms with Crippen molar-refractivity contribution >= 4 is 37.2 Å². The van der Waals surface area contributed by atoms with Gasteiger partial charge in [0.2, 0.25) is 0 Å². The molecule has 0 bridgehead atoms. The van der Waals surface area contributed by atoms with Crippen LogP contribution in [0.2, 0.25) is 0 Å². The van der Waals surface area contributed by atoms with Crippen LogP contribution in [0.1, 0.15) is 13.8 Å². The normalized spacial score (nSPS) is 15.0. The average molecular weight is 294 g/mol. The third-order valence-electron chi connectivity index (χ3n) is 4.11. The first-order valence-corrected chi connectivity index (χ1v) is 8.16. The zero-order valence-corrected chi connectivity index (χ0v) is 13.1. The van der Waals surface area contributed by atoms with E-state index >= 15 is 0 Å². The summed E-state index contributed by atoms with van der Waals surface area (Å²) in [5.41, 5.74) is 1.31. The Hall–Kier alpha value is -2.00. The lowest BCUT2D eigenvalue weighted by Crippen LogP contribution is -2.30. The van der Waals surface area contributed by atoms with Crippen molar-refractivity contribution in [3.8, 4) is 0 Å². The molecule has 4 rings (SSSR count). The average Bonchev–Trinajstić information content (AvgIpc) is 3.11. The summed E-state index contributed by atoms with van der Waals surface area (Å²) in [7, 11) is 0. The molecule has 21 heavy (non-hydrogen) atoms. The van der Waals surface area contributed by atoms with E-state index in [-0.39, 0.29) is 0 Å². The van der Waals surface area contributed by atoms with Crippen LogP contribution in [0.5, 0.6) is 0 Å². The fourth-order valence-corrected chi connectivity index (χ4v) is 4.12. The van der Waals surface area contributed by atoms with Gasteiger partial charge >= 0.3 is 0 Å². The number of fused-ring (bicyclic) bond motifs is 3. The summed E-state index contributed by atoms with van der Waals surface area (Å²) >= 11 is 1.89. The highest BCUT2D eigenvalue weighted by Gasteiger charge is 2.19. The zero-order valence-electron chi connectivity index (χ0n) is 12.3. The highest BCUT2D eigenvalue weighted by atomic mass is 32.1. The molecule has 106 valence electrons. The topological polar surface area (TPSA) is 6.48 Å². The molecule has 0 spiro atoms. The van der Waals surface area contributed by atoms with Gasteiger partial charge < -0.3 is 9.80 Å². The molecule has 0 saturated heterocycles. The highest BCUT2D eigenvalue weighted by molar-refractivity contribution is 7.26. The van der Waals surface area contributed by atoms with Crippen LogP contribution in [0, 0.1) is 0 Å². The van der Waals surface area contributed by atoms with E-state index < -0.39 is 0 Å². The molecule has 0 amide bonds. The molecule has 1 aromatic heterocycles. The molecule has 0 aliphatic carbocycles. The predicted octanol–water partition coefficient (Wildman–Crippen LogP) is 5.01. The van der Waals surface area contributed by atoms with Gasteiger partial charge in [-0.3, -0.25) is 0 Å². The smallest absolute Gasteiger partial charge is 0.0944 e. The van der Waals surface area contributed by atoms with Crippen LogP contribution >= 0.6 is 11.3 Å². The fraction of sp³-hybridized carbons (Fsp3) is 0.222. The molecular formula is C18H18N2S. The zero-order chi connectivity index (χ0) is 14.4. The van der Waals surface area contributed by atoms with Gasteiger partial charge in [-0.15, -0.1) is 11.3 Å². The first-order chi connectivity index (χ1) is 10.2. The van der Waals surface area contributed by atoms with E-state index in [2.05, 4.69) is 78.5 Å². The number of nitrogens with zero attached hydrogens (tertiary/aromatic N) is 2. The van der Waals surface area contributed by atoms with Crippen molar-refractivity contribution in [2.24, 2.45) is 0 Å². The van der Waals surface area contributed by atoms with Gasteiger partial charge in [-0.1, -0.05) is 30.3 Å². The summed E-state index contributed by atoms with van der Waals surface area (Å²) < 4.78 is 2.75. The van der Waals surface area contributed by atoms with Crippen LogP contribution in [-0.4, -0.2) is 17.6 Å². The monoisotopic (exact) mass is 294 g/mol. The molecule has 1 aliphatic heterocycles. The van der Waals surface area contributed by atoms with Gasteiger partial charge in [0.1, 0.15) is 0 Å². The molecule has 0 saturated carbocycles. The van der Waals surface area contributed by atoms with Gasteiger partial charge in [0.25, 0.3) is 0 Å². The van der Waals surface area contributed by atoms with Crippen LogP contribution in [0.15, 0.2) is 54.9 Å². The number of benzene rings is 2. The second-order valence-electron chi connectivity index (χ2n) is 5.77. The number of hydrogen-bond donors (Lipinski definition) is 0. The van der Waals surface area contributed by atoms with E-state index in [0.29, 0.717) is 6.04 Å². The summed E-state index contributed by atoms with van der Waals surface area (Å²) in [6.07, 6.45) is 4.38. The lowest BCUT2D eigenvalue weighted by atomic mass is 10.1. The lowest BCUT2D eigenvalue weighted by Gasteiger charge is -2.24. The first kappa shape index (κ1) is 12.7. The van der Waals surface area contributed by atoms with Crippen LogP contribution in [-0.2, 0) is 0 Å². The Morgan fingerprint density at radius 3 is 2.57 bits per heavy atom. The maximum absolute atomic E-state index is 2.35. The van der Waals surface area contributed by atoms with Gasteiger partial charge in [-0.25, -0.2) is 0 Å². The van der Waals surface area contributed by atoms with Crippen LogP contribution < -0.4 is 4.90 Å². The van der Waals surface area contributed by atoms with Crippen molar-refractivity contribution in [2.75, 3.05) is 11.6 Å². The van der Waals surface area contributed by atoms with E-state index in [1.165, 1.54) is 25.9 Å². The Morgan fingerprint density at radius 1 is 0.952 bits per heavy atom. The Bertz CT molecular complexity index is 831. The van der Waals surface area contributed by atoms with E-state index in [0.717, 1.165) is 6.67 Å². The van der Waals surface area contributed by atoms with E-state index in [4.69, 9.17) is 0 Å². The van der Waals surface area contributed by atoms with Crippen LogP contribution in [0.4, 0.5) is 5.69 Å². The van der Waals surface area contributed by atoms with Crippen molar-refractivity contribution in [3.63, 3.8) is 0 Å². The maximum Gasteiger partial charge on any atom is 0.0944 e. The van der Waals surface area contributed by atoms with Gasteiger partial charge in [-0.2, -0.15) is 0 Å². The van der Waals surface area contributed by atoms with E-state index in [9.17, 15) is 0 Å². The summed E-state index contributed by atoms with van der Waals surface area (Å²) in [5, 5.41) is 2.73. The second-order valence-corrected chi connectivity index (χ2v) is 6.82. The third-order valence-corrected chi connectivity index (χ3v) is 5.32. The molecule has 3 aromatic rings. The minimum absolute atomic E-state index is 0.535. The number of rotatable bonds is 2. The molecule has 1 aliphatic rings. The van der Waals surface area contributed by atoms with E-state index in [1.807, 2.05) is 11.3 Å². The van der Waals surface area contributed by atoms with Crippen molar-refractivity contribution in [2.45, 2.75) is 19.9 Å². The summed E-state index contributed by atoms with van der Waals surface area (Å²) in [4.78, 5) is 4.70. The van der Waals surface area contributed by atoms with Gasteiger partial charge in [0.15, 0.2) is 0 Å². The first-order valence-electron chi connectivity index (χ1n) is 7.35. The van der Waals surface area contributed by atoms with Crippen LogP contribution in [0.3, 0.4) is 0 Å². The molecule has 0 N–H and O–H groups in total. The second kappa shape index (κ2) is 4.78. The van der Waals surface area contributed by atoms with Crippen molar-refractivity contribution in [1.82, 2.24) is 4.90 Å². The summed E-state index contributed by atoms with van der Waals surface area (Å²) in [6, 6.07) is 15.8. The molecule has 2 aromatic carbocycles.